The van der Waals surface area contributed by atoms with Gasteiger partial charge in [-0.2, -0.15) is 5.10 Å². The van der Waals surface area contributed by atoms with Crippen molar-refractivity contribution in [3.8, 4) is 0 Å². The fraction of sp³-hybridized carbons (Fsp3) is 0.261. The van der Waals surface area contributed by atoms with Gasteiger partial charge in [0.1, 0.15) is 11.9 Å². The van der Waals surface area contributed by atoms with E-state index in [4.69, 9.17) is 0 Å². The summed E-state index contributed by atoms with van der Waals surface area (Å²) in [5, 5.41) is 9.53. The summed E-state index contributed by atoms with van der Waals surface area (Å²) in [7, 11) is 0. The molecule has 0 radical (unpaired) electrons. The molecule has 0 bridgehead atoms. The van der Waals surface area contributed by atoms with Gasteiger partial charge in [-0.05, 0) is 35.2 Å². The lowest BCUT2D eigenvalue weighted by Gasteiger charge is -2.28. The number of halogens is 1. The lowest BCUT2D eigenvalue weighted by molar-refractivity contribution is -0.128. The quantitative estimate of drug-likeness (QED) is 0.595. The number of hydrogen-bond donors (Lipinski definition) is 2. The minimum Gasteiger partial charge on any atom is -0.350 e. The van der Waals surface area contributed by atoms with E-state index in [0.29, 0.717) is 30.8 Å². The number of benzene rings is 2. The summed E-state index contributed by atoms with van der Waals surface area (Å²) in [6.45, 7) is 0.985. The number of aromatic nitrogens is 2. The van der Waals surface area contributed by atoms with E-state index in [1.807, 2.05) is 41.2 Å². The van der Waals surface area contributed by atoms with Crippen LogP contribution in [0.2, 0.25) is 0 Å². The van der Waals surface area contributed by atoms with E-state index >= 15 is 0 Å². The first-order valence-electron chi connectivity index (χ1n) is 10.1. The highest BCUT2D eigenvalue weighted by Gasteiger charge is 2.32. The van der Waals surface area contributed by atoms with Gasteiger partial charge >= 0.3 is 0 Å². The van der Waals surface area contributed by atoms with Gasteiger partial charge in [-0.15, -0.1) is 11.8 Å². The van der Waals surface area contributed by atoms with Gasteiger partial charge in [0.25, 0.3) is 0 Å². The second kappa shape index (κ2) is 9.78. The van der Waals surface area contributed by atoms with Gasteiger partial charge in [0, 0.05) is 24.7 Å². The molecule has 4 rings (SSSR count). The number of rotatable bonds is 7. The molecule has 2 amide bonds. The van der Waals surface area contributed by atoms with Crippen molar-refractivity contribution in [2.24, 2.45) is 0 Å². The van der Waals surface area contributed by atoms with E-state index in [-0.39, 0.29) is 17.6 Å². The SMILES string of the molecule is O=C(NCc1ccccc1Cn1cccn1)[C@@H]1CS[C@H](Cc2ccccc2F)C(=O)N1. The molecule has 1 aromatic heterocycles. The Morgan fingerprint density at radius 1 is 1.13 bits per heavy atom. The van der Waals surface area contributed by atoms with E-state index in [1.165, 1.54) is 17.8 Å². The molecule has 31 heavy (non-hydrogen) atoms. The van der Waals surface area contributed by atoms with Crippen molar-refractivity contribution in [1.29, 1.82) is 0 Å². The average molecular weight is 439 g/mol. The molecule has 1 saturated heterocycles. The van der Waals surface area contributed by atoms with Gasteiger partial charge in [0.15, 0.2) is 0 Å². The van der Waals surface area contributed by atoms with Crippen LogP contribution in [0.4, 0.5) is 4.39 Å². The maximum Gasteiger partial charge on any atom is 0.243 e. The number of amides is 2. The first-order chi connectivity index (χ1) is 15.1. The van der Waals surface area contributed by atoms with Crippen LogP contribution in [0.5, 0.6) is 0 Å². The zero-order valence-electron chi connectivity index (χ0n) is 16.8. The molecule has 1 aliphatic heterocycles. The normalized spacial score (nSPS) is 18.4. The van der Waals surface area contributed by atoms with Crippen molar-refractivity contribution in [2.75, 3.05) is 5.75 Å². The Hall–Kier alpha value is -3.13. The van der Waals surface area contributed by atoms with Crippen LogP contribution in [0.15, 0.2) is 67.0 Å². The van der Waals surface area contributed by atoms with Crippen molar-refractivity contribution in [1.82, 2.24) is 20.4 Å². The van der Waals surface area contributed by atoms with Crippen molar-refractivity contribution in [3.05, 3.63) is 89.5 Å². The first-order valence-corrected chi connectivity index (χ1v) is 11.1. The van der Waals surface area contributed by atoms with Crippen LogP contribution in [0.3, 0.4) is 0 Å². The van der Waals surface area contributed by atoms with E-state index in [2.05, 4.69) is 15.7 Å². The Labute approximate surface area is 184 Å². The number of hydrogen-bond acceptors (Lipinski definition) is 4. The number of nitrogens with one attached hydrogen (secondary N) is 2. The molecular weight excluding hydrogens is 415 g/mol. The zero-order chi connectivity index (χ0) is 21.6. The average Bonchev–Trinajstić information content (AvgIpc) is 3.29. The highest BCUT2D eigenvalue weighted by atomic mass is 32.2. The molecule has 8 heteroatoms. The fourth-order valence-corrected chi connectivity index (χ4v) is 4.69. The van der Waals surface area contributed by atoms with E-state index in [1.54, 1.807) is 24.4 Å². The third-order valence-corrected chi connectivity index (χ3v) is 6.52. The zero-order valence-corrected chi connectivity index (χ0v) is 17.6. The summed E-state index contributed by atoms with van der Waals surface area (Å²) in [4.78, 5) is 25.1. The highest BCUT2D eigenvalue weighted by molar-refractivity contribution is 8.00. The van der Waals surface area contributed by atoms with Gasteiger partial charge in [-0.3, -0.25) is 14.3 Å². The van der Waals surface area contributed by atoms with Crippen LogP contribution < -0.4 is 10.6 Å². The van der Waals surface area contributed by atoms with Gasteiger partial charge in [-0.1, -0.05) is 42.5 Å². The number of thioether (sulfide) groups is 1. The van der Waals surface area contributed by atoms with Gasteiger partial charge in [0.05, 0.1) is 11.8 Å². The molecular formula is C23H23FN4O2S. The summed E-state index contributed by atoms with van der Waals surface area (Å²) < 4.78 is 15.7. The molecule has 0 saturated carbocycles. The maximum absolute atomic E-state index is 13.9. The Morgan fingerprint density at radius 2 is 1.87 bits per heavy atom. The lowest BCUT2D eigenvalue weighted by atomic mass is 10.1. The summed E-state index contributed by atoms with van der Waals surface area (Å²) in [6.07, 6.45) is 3.92. The highest BCUT2D eigenvalue weighted by Crippen LogP contribution is 2.23. The molecule has 0 unspecified atom stereocenters. The largest absolute Gasteiger partial charge is 0.350 e. The minimum absolute atomic E-state index is 0.223. The minimum atomic E-state index is -0.604. The maximum atomic E-state index is 13.9. The lowest BCUT2D eigenvalue weighted by Crippen LogP contribution is -2.54. The number of carbonyl (C=O) groups excluding carboxylic acids is 2. The summed E-state index contributed by atoms with van der Waals surface area (Å²) in [6, 6.07) is 15.6. The van der Waals surface area contributed by atoms with Gasteiger partial charge in [-0.25, -0.2) is 4.39 Å². The molecule has 160 valence electrons. The van der Waals surface area contributed by atoms with Crippen LogP contribution in [0, 0.1) is 5.82 Å². The van der Waals surface area contributed by atoms with Crippen molar-refractivity contribution in [3.63, 3.8) is 0 Å². The van der Waals surface area contributed by atoms with E-state index in [0.717, 1.165) is 11.1 Å². The second-order valence-corrected chi connectivity index (χ2v) is 8.60. The topological polar surface area (TPSA) is 76.0 Å². The first kappa shape index (κ1) is 21.1. The molecule has 1 aliphatic rings. The van der Waals surface area contributed by atoms with Crippen LogP contribution in [0.1, 0.15) is 16.7 Å². The predicted octanol–water partition coefficient (Wildman–Crippen LogP) is 2.53. The monoisotopic (exact) mass is 438 g/mol. The second-order valence-electron chi connectivity index (χ2n) is 7.37. The number of carbonyl (C=O) groups is 2. The summed E-state index contributed by atoms with van der Waals surface area (Å²) in [5.74, 6) is -0.326. The number of nitrogens with zero attached hydrogens (tertiary/aromatic N) is 2. The molecule has 2 heterocycles. The Balaban J connectivity index is 1.31. The van der Waals surface area contributed by atoms with Crippen LogP contribution >= 0.6 is 11.8 Å². The third kappa shape index (κ3) is 5.32. The molecule has 2 N–H and O–H groups in total. The van der Waals surface area contributed by atoms with Gasteiger partial charge < -0.3 is 10.6 Å². The van der Waals surface area contributed by atoms with Gasteiger partial charge in [0.2, 0.25) is 11.8 Å². The Kier molecular flexibility index (Phi) is 6.66. The van der Waals surface area contributed by atoms with Crippen LogP contribution in [-0.4, -0.2) is 38.6 Å². The Bertz CT molecular complexity index is 1060. The smallest absolute Gasteiger partial charge is 0.243 e. The van der Waals surface area contributed by atoms with Crippen molar-refractivity contribution >= 4 is 23.6 Å². The fourth-order valence-electron chi connectivity index (χ4n) is 3.51. The Morgan fingerprint density at radius 3 is 2.58 bits per heavy atom. The van der Waals surface area contributed by atoms with Crippen LogP contribution in [-0.2, 0) is 29.1 Å². The van der Waals surface area contributed by atoms with Crippen molar-refractivity contribution in [2.45, 2.75) is 30.8 Å². The third-order valence-electron chi connectivity index (χ3n) is 5.22. The molecule has 2 aromatic carbocycles. The molecule has 3 aromatic rings. The van der Waals surface area contributed by atoms with E-state index < -0.39 is 11.3 Å². The molecule has 1 fully saturated rings. The molecule has 0 spiro atoms. The van der Waals surface area contributed by atoms with Crippen LogP contribution in [0.25, 0.3) is 0 Å². The molecule has 2 atom stereocenters. The summed E-state index contributed by atoms with van der Waals surface area (Å²) in [5.41, 5.74) is 2.57. The predicted molar refractivity (Wildman–Crippen MR) is 118 cm³/mol. The van der Waals surface area contributed by atoms with E-state index in [9.17, 15) is 14.0 Å². The molecule has 6 nitrogen and oxygen atoms in total. The standard InChI is InChI=1S/C23H23FN4O2S/c24-19-9-4-3-6-16(19)12-21-23(30)27-20(15-31-21)22(29)25-13-17-7-1-2-8-18(17)14-28-11-5-10-26-28/h1-11,20-21H,12-15H2,(H,25,29)(H,27,30)/t20-,21+/m0/s1. The van der Waals surface area contributed by atoms with Crippen molar-refractivity contribution < 1.29 is 14.0 Å². The molecule has 0 aliphatic carbocycles. The summed E-state index contributed by atoms with van der Waals surface area (Å²) >= 11 is 1.39.